The summed E-state index contributed by atoms with van der Waals surface area (Å²) >= 11 is 1.34. The zero-order valence-electron chi connectivity index (χ0n) is 21.8. The lowest BCUT2D eigenvalue weighted by Crippen LogP contribution is -2.44. The van der Waals surface area contributed by atoms with Gasteiger partial charge in [-0.05, 0) is 49.7 Å². The molecule has 0 aliphatic rings. The van der Waals surface area contributed by atoms with Crippen molar-refractivity contribution in [2.24, 2.45) is 5.73 Å². The first-order valence-electron chi connectivity index (χ1n) is 13.0. The number of aliphatic carboxylic acids is 1. The number of nitrogens with one attached hydrogen (secondary N) is 1. The molecular weight excluding hydrogens is 492 g/mol. The van der Waals surface area contributed by atoms with Crippen LogP contribution in [0.3, 0.4) is 0 Å². The minimum atomic E-state index is -1.15. The summed E-state index contributed by atoms with van der Waals surface area (Å²) < 4.78 is 0. The number of hydrogen-bond acceptors (Lipinski definition) is 7. The highest BCUT2D eigenvalue weighted by molar-refractivity contribution is 7.99. The minimum Gasteiger partial charge on any atom is -0.480 e. The van der Waals surface area contributed by atoms with Crippen LogP contribution in [0.5, 0.6) is 0 Å². The average Bonchev–Trinajstić information content (AvgIpc) is 2.88. The van der Waals surface area contributed by atoms with Gasteiger partial charge in [0.25, 0.3) is 0 Å². The predicted octanol–water partition coefficient (Wildman–Crippen LogP) is 3.41. The van der Waals surface area contributed by atoms with Crippen LogP contribution in [-0.2, 0) is 9.59 Å². The van der Waals surface area contributed by atoms with Gasteiger partial charge in [0.15, 0.2) is 0 Å². The largest absolute Gasteiger partial charge is 0.480 e. The molecule has 0 aromatic heterocycles. The number of hydrogen-bond donors (Lipinski definition) is 6. The van der Waals surface area contributed by atoms with Gasteiger partial charge in [-0.15, -0.1) is 11.8 Å². The summed E-state index contributed by atoms with van der Waals surface area (Å²) in [6.07, 6.45) is 13.2. The van der Waals surface area contributed by atoms with Crippen molar-refractivity contribution in [1.29, 1.82) is 0 Å². The smallest absolute Gasteiger partial charge is 0.322 e. The Morgan fingerprint density at radius 3 is 2.62 bits per heavy atom. The summed E-state index contributed by atoms with van der Waals surface area (Å²) in [6.45, 7) is 1.72. The van der Waals surface area contributed by atoms with E-state index in [4.69, 9.17) is 15.9 Å². The molecule has 0 saturated carbocycles. The van der Waals surface area contributed by atoms with Gasteiger partial charge >= 0.3 is 5.97 Å². The molecule has 1 aromatic rings. The molecule has 208 valence electrons. The second kappa shape index (κ2) is 19.9. The van der Waals surface area contributed by atoms with E-state index in [1.807, 2.05) is 36.4 Å². The maximum Gasteiger partial charge on any atom is 0.322 e. The van der Waals surface area contributed by atoms with Gasteiger partial charge < -0.3 is 31.5 Å². The number of nitrogens with two attached hydrogens (primary N) is 1. The van der Waals surface area contributed by atoms with Crippen molar-refractivity contribution in [1.82, 2.24) is 5.32 Å². The molecule has 37 heavy (non-hydrogen) atoms. The number of thioether (sulfide) groups is 1. The Balaban J connectivity index is 2.85. The van der Waals surface area contributed by atoms with Crippen LogP contribution >= 0.6 is 11.8 Å². The summed E-state index contributed by atoms with van der Waals surface area (Å²) in [5, 5.41) is 40.9. The monoisotopic (exact) mass is 536 g/mol. The minimum absolute atomic E-state index is 0.0513. The summed E-state index contributed by atoms with van der Waals surface area (Å²) in [5.74, 6) is -1.52. The number of carboxylic acid groups (broad SMARTS) is 1. The van der Waals surface area contributed by atoms with Gasteiger partial charge in [-0.25, -0.2) is 0 Å². The number of carbonyl (C=O) groups is 2. The molecule has 0 aliphatic carbocycles. The number of amides is 1. The lowest BCUT2D eigenvalue weighted by Gasteiger charge is -2.24. The second-order valence-electron chi connectivity index (χ2n) is 9.06. The number of rotatable bonds is 20. The molecule has 0 radical (unpaired) electrons. The van der Waals surface area contributed by atoms with Crippen LogP contribution in [0, 0.1) is 0 Å². The Labute approximate surface area is 225 Å². The van der Waals surface area contributed by atoms with Gasteiger partial charge in [0, 0.05) is 12.4 Å². The van der Waals surface area contributed by atoms with Crippen molar-refractivity contribution in [2.75, 3.05) is 18.9 Å². The van der Waals surface area contributed by atoms with E-state index in [0.29, 0.717) is 25.7 Å². The van der Waals surface area contributed by atoms with E-state index in [-0.39, 0.29) is 17.6 Å². The highest BCUT2D eigenvalue weighted by Crippen LogP contribution is 2.35. The van der Waals surface area contributed by atoms with Gasteiger partial charge in [0.1, 0.15) is 6.54 Å². The maximum absolute atomic E-state index is 12.1. The highest BCUT2D eigenvalue weighted by atomic mass is 32.2. The molecule has 8 nitrogen and oxygen atoms in total. The van der Waals surface area contributed by atoms with Crippen LogP contribution in [-0.4, -0.2) is 69.5 Å². The molecule has 1 rings (SSSR count). The Hall–Kier alpha value is -2.17. The molecule has 7 N–H and O–H groups in total. The van der Waals surface area contributed by atoms with Crippen LogP contribution in [0.15, 0.2) is 42.5 Å². The Bertz CT molecular complexity index is 848. The first kappa shape index (κ1) is 32.9. The number of unbranched alkanes of at least 4 members (excludes halogenated alkanes) is 4. The summed E-state index contributed by atoms with van der Waals surface area (Å²) in [6, 6.07) is 6.70. The van der Waals surface area contributed by atoms with Crippen LogP contribution < -0.4 is 11.1 Å². The topological polar surface area (TPSA) is 153 Å². The molecule has 0 saturated heterocycles. The lowest BCUT2D eigenvalue weighted by atomic mass is 10.0. The van der Waals surface area contributed by atoms with Gasteiger partial charge in [0.05, 0.1) is 23.5 Å². The second-order valence-corrected chi connectivity index (χ2v) is 10.2. The van der Waals surface area contributed by atoms with Crippen LogP contribution in [0.4, 0.5) is 0 Å². The third-order valence-corrected chi connectivity index (χ3v) is 7.23. The van der Waals surface area contributed by atoms with Crippen molar-refractivity contribution in [2.45, 2.75) is 81.8 Å². The molecule has 0 spiro atoms. The molecule has 1 amide bonds. The number of benzene rings is 1. The molecular formula is C28H44N2O6S. The number of allylic oxidation sites excluding steroid dienone is 1. The summed E-state index contributed by atoms with van der Waals surface area (Å²) in [7, 11) is 0. The maximum atomic E-state index is 12.1. The highest BCUT2D eigenvalue weighted by Gasteiger charge is 2.24. The SMILES string of the molecule is CCCCC/C=C/CC(O)/C=C/c1cccc(C(SC[C@H](N)C(=O)NCC(=O)O)C(O)CCCCO)c1. The fourth-order valence-electron chi connectivity index (χ4n) is 3.63. The van der Waals surface area contributed by atoms with Gasteiger partial charge in [-0.1, -0.05) is 68.3 Å². The molecule has 0 heterocycles. The van der Waals surface area contributed by atoms with E-state index in [9.17, 15) is 19.8 Å². The van der Waals surface area contributed by atoms with E-state index in [1.54, 1.807) is 6.08 Å². The predicted molar refractivity (Wildman–Crippen MR) is 150 cm³/mol. The standard InChI is InChI=1S/C28H44N2O6S/c1-2-3-4-5-6-7-13-23(32)16-15-21-11-10-12-22(18-21)27(25(33)14-8-9-17-31)37-20-24(29)28(36)30-19-26(34)35/h6-7,10-12,15-16,18,23-25,27,31-33H,2-5,8-9,13-14,17,19-20,29H2,1H3,(H,30,36)(H,34,35)/b7-6+,16-15+/t23?,24-,25?,27?/m0/s1. The lowest BCUT2D eigenvalue weighted by molar-refractivity contribution is -0.138. The normalized spacial score (nSPS) is 15.1. The molecule has 9 heteroatoms. The summed E-state index contributed by atoms with van der Waals surface area (Å²) in [5.41, 5.74) is 7.68. The van der Waals surface area contributed by atoms with E-state index >= 15 is 0 Å². The van der Waals surface area contributed by atoms with Crippen LogP contribution in [0.25, 0.3) is 6.08 Å². The molecule has 0 fully saturated rings. The van der Waals surface area contributed by atoms with E-state index in [0.717, 1.165) is 24.0 Å². The van der Waals surface area contributed by atoms with E-state index in [1.165, 1.54) is 24.6 Å². The number of carboxylic acids is 1. The zero-order chi connectivity index (χ0) is 27.5. The molecule has 0 bridgehead atoms. The van der Waals surface area contributed by atoms with Crippen LogP contribution in [0.2, 0.25) is 0 Å². The number of aliphatic hydroxyl groups excluding tert-OH is 3. The number of aliphatic hydroxyl groups is 3. The third-order valence-electron chi connectivity index (χ3n) is 5.73. The van der Waals surface area contributed by atoms with Gasteiger partial charge in [0.2, 0.25) is 5.91 Å². The Morgan fingerprint density at radius 1 is 1.14 bits per heavy atom. The first-order chi connectivity index (χ1) is 17.8. The van der Waals surface area contributed by atoms with Crippen molar-refractivity contribution in [3.8, 4) is 0 Å². The van der Waals surface area contributed by atoms with Crippen molar-refractivity contribution >= 4 is 29.7 Å². The fourth-order valence-corrected chi connectivity index (χ4v) is 4.89. The molecule has 3 unspecified atom stereocenters. The summed E-state index contributed by atoms with van der Waals surface area (Å²) in [4.78, 5) is 22.8. The van der Waals surface area contributed by atoms with E-state index < -0.39 is 36.7 Å². The molecule has 1 aromatic carbocycles. The molecule has 4 atom stereocenters. The van der Waals surface area contributed by atoms with Gasteiger partial charge in [-0.2, -0.15) is 0 Å². The van der Waals surface area contributed by atoms with Crippen molar-refractivity contribution < 1.29 is 30.0 Å². The van der Waals surface area contributed by atoms with Crippen molar-refractivity contribution in [3.05, 3.63) is 53.6 Å². The quantitative estimate of drug-likeness (QED) is 0.109. The van der Waals surface area contributed by atoms with Crippen LogP contribution in [0.1, 0.15) is 74.7 Å². The Morgan fingerprint density at radius 2 is 1.92 bits per heavy atom. The van der Waals surface area contributed by atoms with Crippen molar-refractivity contribution in [3.63, 3.8) is 0 Å². The zero-order valence-corrected chi connectivity index (χ0v) is 22.6. The Kier molecular flexibility index (Phi) is 17.7. The fraction of sp³-hybridized carbons (Fsp3) is 0.571. The van der Waals surface area contributed by atoms with Gasteiger partial charge in [-0.3, -0.25) is 9.59 Å². The first-order valence-corrected chi connectivity index (χ1v) is 14.1. The third kappa shape index (κ3) is 15.0. The molecule has 0 aliphatic heterocycles. The number of carbonyl (C=O) groups excluding carboxylic acids is 1. The average molecular weight is 537 g/mol. The van der Waals surface area contributed by atoms with E-state index in [2.05, 4.69) is 18.3 Å².